The highest BCUT2D eigenvalue weighted by atomic mass is 19.1. The molecule has 16 heavy (non-hydrogen) atoms. The number of aldehydes is 1. The molecular formula is C12H13FO3. The van der Waals surface area contributed by atoms with Crippen LogP contribution in [0.25, 0.3) is 0 Å². The van der Waals surface area contributed by atoms with Gasteiger partial charge in [0, 0.05) is 5.56 Å². The van der Waals surface area contributed by atoms with Crippen molar-refractivity contribution < 1.29 is 18.7 Å². The summed E-state index contributed by atoms with van der Waals surface area (Å²) in [6, 6.07) is 3.93. The second-order valence-corrected chi connectivity index (χ2v) is 3.61. The van der Waals surface area contributed by atoms with Crippen LogP contribution in [0.1, 0.15) is 30.6 Å². The van der Waals surface area contributed by atoms with Gasteiger partial charge in [-0.05, 0) is 32.0 Å². The molecule has 0 radical (unpaired) electrons. The van der Waals surface area contributed by atoms with E-state index in [0.29, 0.717) is 6.29 Å². The number of hydrogen-bond donors (Lipinski definition) is 0. The zero-order chi connectivity index (χ0) is 12.1. The number of ketones is 1. The second kappa shape index (κ2) is 5.39. The van der Waals surface area contributed by atoms with Gasteiger partial charge in [0.15, 0.2) is 17.3 Å². The van der Waals surface area contributed by atoms with Gasteiger partial charge in [-0.15, -0.1) is 0 Å². The molecule has 0 saturated carbocycles. The first-order valence-corrected chi connectivity index (χ1v) is 4.97. The van der Waals surface area contributed by atoms with Crippen molar-refractivity contribution in [1.29, 1.82) is 0 Å². The molecule has 1 aromatic carbocycles. The molecule has 1 aromatic rings. The Morgan fingerprint density at radius 3 is 2.69 bits per heavy atom. The molecule has 0 heterocycles. The molecule has 0 spiro atoms. The predicted molar refractivity (Wildman–Crippen MR) is 57.2 cm³/mol. The Morgan fingerprint density at radius 1 is 1.50 bits per heavy atom. The van der Waals surface area contributed by atoms with E-state index in [1.54, 1.807) is 13.8 Å². The Hall–Kier alpha value is -1.71. The van der Waals surface area contributed by atoms with Gasteiger partial charge in [0.1, 0.15) is 6.29 Å². The van der Waals surface area contributed by atoms with Gasteiger partial charge in [-0.1, -0.05) is 0 Å². The van der Waals surface area contributed by atoms with Crippen molar-refractivity contribution in [3.8, 4) is 5.75 Å². The van der Waals surface area contributed by atoms with Crippen LogP contribution in [0.4, 0.5) is 4.39 Å². The van der Waals surface area contributed by atoms with Gasteiger partial charge in [-0.2, -0.15) is 0 Å². The quantitative estimate of drug-likeness (QED) is 0.438. The largest absolute Gasteiger partial charge is 0.488 e. The zero-order valence-corrected chi connectivity index (χ0v) is 9.20. The molecule has 0 bridgehead atoms. The van der Waals surface area contributed by atoms with E-state index in [0.717, 1.165) is 6.07 Å². The van der Waals surface area contributed by atoms with Gasteiger partial charge in [0.05, 0.1) is 12.5 Å². The maximum absolute atomic E-state index is 13.4. The number of ether oxygens (including phenoxy) is 1. The first-order valence-electron chi connectivity index (χ1n) is 4.97. The van der Waals surface area contributed by atoms with E-state index in [1.165, 1.54) is 12.1 Å². The van der Waals surface area contributed by atoms with Crippen molar-refractivity contribution in [1.82, 2.24) is 0 Å². The number of Topliss-reactive ketones (excluding diaryl/α,β-unsaturated/α-hetero) is 1. The molecule has 3 nitrogen and oxygen atoms in total. The summed E-state index contributed by atoms with van der Waals surface area (Å²) < 4.78 is 18.6. The van der Waals surface area contributed by atoms with Crippen LogP contribution in [-0.2, 0) is 4.79 Å². The number of hydrogen-bond acceptors (Lipinski definition) is 3. The molecule has 0 fully saturated rings. The number of benzene rings is 1. The summed E-state index contributed by atoms with van der Waals surface area (Å²) in [5.41, 5.74) is 0.181. The third kappa shape index (κ3) is 3.15. The lowest BCUT2D eigenvalue weighted by molar-refractivity contribution is -0.107. The zero-order valence-electron chi connectivity index (χ0n) is 9.20. The van der Waals surface area contributed by atoms with Crippen molar-refractivity contribution in [2.45, 2.75) is 26.4 Å². The van der Waals surface area contributed by atoms with Crippen LogP contribution in [0, 0.1) is 5.82 Å². The van der Waals surface area contributed by atoms with Gasteiger partial charge >= 0.3 is 0 Å². The average Bonchev–Trinajstić information content (AvgIpc) is 2.20. The van der Waals surface area contributed by atoms with Gasteiger partial charge in [-0.3, -0.25) is 4.79 Å². The van der Waals surface area contributed by atoms with Crippen LogP contribution in [0.2, 0.25) is 0 Å². The minimum absolute atomic E-state index is 0.109. The van der Waals surface area contributed by atoms with E-state index >= 15 is 0 Å². The van der Waals surface area contributed by atoms with Crippen LogP contribution < -0.4 is 4.74 Å². The molecule has 0 saturated heterocycles. The van der Waals surface area contributed by atoms with E-state index < -0.39 is 11.6 Å². The third-order valence-electron chi connectivity index (χ3n) is 1.89. The molecular weight excluding hydrogens is 211 g/mol. The minimum atomic E-state index is -0.592. The summed E-state index contributed by atoms with van der Waals surface area (Å²) >= 11 is 0. The molecule has 1 rings (SSSR count). The number of carbonyl (C=O) groups is 2. The van der Waals surface area contributed by atoms with E-state index in [2.05, 4.69) is 0 Å². The lowest BCUT2D eigenvalue weighted by Gasteiger charge is -2.10. The fourth-order valence-electron chi connectivity index (χ4n) is 1.22. The molecule has 0 aliphatic heterocycles. The average molecular weight is 224 g/mol. The van der Waals surface area contributed by atoms with Crippen LogP contribution >= 0.6 is 0 Å². The highest BCUT2D eigenvalue weighted by Crippen LogP contribution is 2.20. The van der Waals surface area contributed by atoms with Gasteiger partial charge < -0.3 is 9.53 Å². The molecule has 0 aromatic heterocycles. The Bertz CT molecular complexity index is 399. The first kappa shape index (κ1) is 12.4. The van der Waals surface area contributed by atoms with E-state index in [4.69, 9.17) is 4.74 Å². The maximum Gasteiger partial charge on any atom is 0.170 e. The Morgan fingerprint density at radius 2 is 2.19 bits per heavy atom. The lowest BCUT2D eigenvalue weighted by Crippen LogP contribution is -2.08. The maximum atomic E-state index is 13.4. The number of halogens is 1. The van der Waals surface area contributed by atoms with Crippen LogP contribution in [0.15, 0.2) is 18.2 Å². The third-order valence-corrected chi connectivity index (χ3v) is 1.89. The standard InChI is InChI=1S/C12H13FO3/c1-8(2)16-12-4-3-9(7-10(12)13)11(15)5-6-14/h3-4,6-8H,5H2,1-2H3. The summed E-state index contributed by atoms with van der Waals surface area (Å²) in [6.07, 6.45) is 0.133. The van der Waals surface area contributed by atoms with Crippen molar-refractivity contribution >= 4 is 12.1 Å². The van der Waals surface area contributed by atoms with E-state index in [-0.39, 0.29) is 23.8 Å². The molecule has 0 unspecified atom stereocenters. The highest BCUT2D eigenvalue weighted by Gasteiger charge is 2.10. The summed E-state index contributed by atoms with van der Waals surface area (Å²) in [5, 5.41) is 0. The minimum Gasteiger partial charge on any atom is -0.488 e. The summed E-state index contributed by atoms with van der Waals surface area (Å²) in [6.45, 7) is 3.57. The van der Waals surface area contributed by atoms with Crippen LogP contribution in [-0.4, -0.2) is 18.2 Å². The summed E-state index contributed by atoms with van der Waals surface area (Å²) in [4.78, 5) is 21.4. The molecule has 0 aliphatic rings. The molecule has 0 N–H and O–H groups in total. The fourth-order valence-corrected chi connectivity index (χ4v) is 1.22. The van der Waals surface area contributed by atoms with Crippen LogP contribution in [0.3, 0.4) is 0 Å². The normalized spacial score (nSPS) is 10.2. The number of rotatable bonds is 5. The first-order chi connectivity index (χ1) is 7.54. The number of carbonyl (C=O) groups excluding carboxylic acids is 2. The molecule has 0 amide bonds. The molecule has 0 aliphatic carbocycles. The lowest BCUT2D eigenvalue weighted by atomic mass is 10.1. The monoisotopic (exact) mass is 224 g/mol. The van der Waals surface area contributed by atoms with Crippen LogP contribution in [0.5, 0.6) is 5.75 Å². The smallest absolute Gasteiger partial charge is 0.170 e. The Balaban J connectivity index is 2.90. The van der Waals surface area contributed by atoms with Crippen molar-refractivity contribution in [3.63, 3.8) is 0 Å². The van der Waals surface area contributed by atoms with Gasteiger partial charge in [0.2, 0.25) is 0 Å². The SMILES string of the molecule is CC(C)Oc1ccc(C(=O)CC=O)cc1F. The molecule has 0 atom stereocenters. The van der Waals surface area contributed by atoms with E-state index in [9.17, 15) is 14.0 Å². The molecule has 86 valence electrons. The highest BCUT2D eigenvalue weighted by molar-refractivity contribution is 6.02. The van der Waals surface area contributed by atoms with E-state index in [1.807, 2.05) is 0 Å². The second-order valence-electron chi connectivity index (χ2n) is 3.61. The van der Waals surface area contributed by atoms with Crippen molar-refractivity contribution in [3.05, 3.63) is 29.6 Å². The fraction of sp³-hybridized carbons (Fsp3) is 0.333. The van der Waals surface area contributed by atoms with Crippen molar-refractivity contribution in [2.24, 2.45) is 0 Å². The molecule has 4 heteroatoms. The Kier molecular flexibility index (Phi) is 4.17. The van der Waals surface area contributed by atoms with Crippen molar-refractivity contribution in [2.75, 3.05) is 0 Å². The topological polar surface area (TPSA) is 43.4 Å². The van der Waals surface area contributed by atoms with Gasteiger partial charge in [-0.25, -0.2) is 4.39 Å². The summed E-state index contributed by atoms with van der Waals surface area (Å²) in [7, 11) is 0. The predicted octanol–water partition coefficient (Wildman–Crippen LogP) is 2.38. The summed E-state index contributed by atoms with van der Waals surface area (Å²) in [5.74, 6) is -0.881. The van der Waals surface area contributed by atoms with Gasteiger partial charge in [0.25, 0.3) is 0 Å². The Labute approximate surface area is 93.2 Å².